The van der Waals surface area contributed by atoms with Crippen molar-refractivity contribution in [1.29, 1.82) is 0 Å². The van der Waals surface area contributed by atoms with Gasteiger partial charge in [0, 0.05) is 11.0 Å². The first-order chi connectivity index (χ1) is 11.5. The summed E-state index contributed by atoms with van der Waals surface area (Å²) >= 11 is 6.72. The van der Waals surface area contributed by atoms with Crippen LogP contribution in [0.15, 0.2) is 51.4 Å². The third-order valence-electron chi connectivity index (χ3n) is 3.12. The molecule has 0 fully saturated rings. The fraction of sp³-hybridized carbons (Fsp3) is 0.176. The van der Waals surface area contributed by atoms with Crippen LogP contribution < -0.4 is 10.1 Å². The van der Waals surface area contributed by atoms with E-state index >= 15 is 0 Å². The van der Waals surface area contributed by atoms with E-state index in [0.29, 0.717) is 17.9 Å². The summed E-state index contributed by atoms with van der Waals surface area (Å²) in [5.74, 6) is -0.0308. The van der Waals surface area contributed by atoms with Gasteiger partial charge in [-0.05, 0) is 51.8 Å². The molecule has 0 saturated carbocycles. The van der Waals surface area contributed by atoms with Crippen LogP contribution >= 0.6 is 31.9 Å². The van der Waals surface area contributed by atoms with Gasteiger partial charge < -0.3 is 14.8 Å². The molecule has 0 saturated heterocycles. The number of hydrogen-bond donors (Lipinski definition) is 1. The number of hydrogen-bond acceptors (Lipinski definition) is 4. The highest BCUT2D eigenvalue weighted by Gasteiger charge is 2.07. The summed E-state index contributed by atoms with van der Waals surface area (Å²) in [5.41, 5.74) is 1.34. The lowest BCUT2D eigenvalue weighted by molar-refractivity contribution is -0.123. The fourth-order valence-corrected chi connectivity index (χ4v) is 3.03. The Morgan fingerprint density at radius 3 is 2.42 bits per heavy atom. The van der Waals surface area contributed by atoms with Crippen LogP contribution in [0.4, 0.5) is 0 Å². The van der Waals surface area contributed by atoms with Crippen LogP contribution in [0.3, 0.4) is 0 Å². The molecule has 2 aromatic carbocycles. The van der Waals surface area contributed by atoms with Gasteiger partial charge in [0.2, 0.25) is 0 Å². The van der Waals surface area contributed by atoms with Crippen molar-refractivity contribution >= 4 is 43.7 Å². The van der Waals surface area contributed by atoms with Crippen LogP contribution in [0.5, 0.6) is 5.75 Å². The van der Waals surface area contributed by atoms with Crippen LogP contribution in [0.25, 0.3) is 0 Å². The van der Waals surface area contributed by atoms with Crippen molar-refractivity contribution in [2.75, 3.05) is 13.7 Å². The fourth-order valence-electron chi connectivity index (χ4n) is 1.86. The molecule has 0 bridgehead atoms. The molecule has 0 radical (unpaired) electrons. The van der Waals surface area contributed by atoms with E-state index in [1.807, 2.05) is 12.1 Å². The number of nitrogens with one attached hydrogen (secondary N) is 1. The number of carbonyl (C=O) groups is 2. The quantitative estimate of drug-likeness (QED) is 0.673. The molecular weight excluding hydrogens is 442 g/mol. The van der Waals surface area contributed by atoms with Crippen LogP contribution in [-0.2, 0) is 16.1 Å². The lowest BCUT2D eigenvalue weighted by Gasteiger charge is -2.09. The Morgan fingerprint density at radius 1 is 1.08 bits per heavy atom. The first-order valence-electron chi connectivity index (χ1n) is 7.01. The molecule has 1 N–H and O–H groups in total. The summed E-state index contributed by atoms with van der Waals surface area (Å²) in [5, 5.41) is 2.76. The number of benzene rings is 2. The normalized spacial score (nSPS) is 10.1. The molecule has 24 heavy (non-hydrogen) atoms. The van der Waals surface area contributed by atoms with Gasteiger partial charge in [0.1, 0.15) is 5.75 Å². The summed E-state index contributed by atoms with van der Waals surface area (Å²) in [6.45, 7) is 0.269. The molecule has 0 spiro atoms. The Kier molecular flexibility index (Phi) is 6.81. The van der Waals surface area contributed by atoms with Crippen molar-refractivity contribution in [3.63, 3.8) is 0 Å². The van der Waals surface area contributed by atoms with Crippen molar-refractivity contribution < 1.29 is 19.1 Å². The third-order valence-corrected chi connectivity index (χ3v) is 4.23. The van der Waals surface area contributed by atoms with Gasteiger partial charge >= 0.3 is 5.97 Å². The maximum Gasteiger partial charge on any atom is 0.337 e. The smallest absolute Gasteiger partial charge is 0.337 e. The van der Waals surface area contributed by atoms with Crippen LogP contribution in [-0.4, -0.2) is 25.6 Å². The minimum absolute atomic E-state index is 0.0829. The molecule has 0 aliphatic carbocycles. The first-order valence-corrected chi connectivity index (χ1v) is 8.60. The van der Waals surface area contributed by atoms with Gasteiger partial charge in [-0.2, -0.15) is 0 Å². The SMILES string of the molecule is COC(=O)c1ccc(CNC(=O)COc2ccc(Br)cc2Br)cc1. The molecule has 0 aliphatic heterocycles. The average molecular weight is 457 g/mol. The van der Waals surface area contributed by atoms with E-state index in [1.165, 1.54) is 7.11 Å². The molecule has 126 valence electrons. The van der Waals surface area contributed by atoms with Gasteiger partial charge in [-0.1, -0.05) is 28.1 Å². The van der Waals surface area contributed by atoms with E-state index in [-0.39, 0.29) is 18.5 Å². The van der Waals surface area contributed by atoms with Crippen molar-refractivity contribution in [3.8, 4) is 5.75 Å². The van der Waals surface area contributed by atoms with E-state index in [9.17, 15) is 9.59 Å². The number of esters is 1. The number of halogens is 2. The molecule has 0 heterocycles. The zero-order valence-electron chi connectivity index (χ0n) is 12.8. The molecule has 0 atom stereocenters. The molecule has 0 aromatic heterocycles. The summed E-state index contributed by atoms with van der Waals surface area (Å²) in [6.07, 6.45) is 0. The molecular formula is C17H15Br2NO4. The Hall–Kier alpha value is -1.86. The van der Waals surface area contributed by atoms with E-state index in [0.717, 1.165) is 14.5 Å². The highest BCUT2D eigenvalue weighted by molar-refractivity contribution is 9.11. The highest BCUT2D eigenvalue weighted by Crippen LogP contribution is 2.28. The van der Waals surface area contributed by atoms with Gasteiger partial charge in [0.15, 0.2) is 6.61 Å². The zero-order valence-corrected chi connectivity index (χ0v) is 16.0. The van der Waals surface area contributed by atoms with Gasteiger partial charge in [-0.25, -0.2) is 4.79 Å². The summed E-state index contributed by atoms with van der Waals surface area (Å²) < 4.78 is 11.8. The van der Waals surface area contributed by atoms with Crippen LogP contribution in [0, 0.1) is 0 Å². The predicted molar refractivity (Wildman–Crippen MR) is 97.0 cm³/mol. The standard InChI is InChI=1S/C17H15Br2NO4/c1-23-17(22)12-4-2-11(3-5-12)9-20-16(21)10-24-15-7-6-13(18)8-14(15)19/h2-8H,9-10H2,1H3,(H,20,21). The number of ether oxygens (including phenoxy) is 2. The molecule has 0 unspecified atom stereocenters. The number of rotatable bonds is 6. The minimum atomic E-state index is -0.390. The minimum Gasteiger partial charge on any atom is -0.483 e. The van der Waals surface area contributed by atoms with Gasteiger partial charge in [-0.3, -0.25) is 4.79 Å². The number of methoxy groups -OCH3 is 1. The van der Waals surface area contributed by atoms with E-state index in [1.54, 1.807) is 30.3 Å². The maximum absolute atomic E-state index is 11.9. The maximum atomic E-state index is 11.9. The summed E-state index contributed by atoms with van der Waals surface area (Å²) in [6, 6.07) is 12.3. The lowest BCUT2D eigenvalue weighted by atomic mass is 10.1. The summed E-state index contributed by atoms with van der Waals surface area (Å²) in [4.78, 5) is 23.2. The molecule has 0 aliphatic rings. The Balaban J connectivity index is 1.81. The Bertz CT molecular complexity index is 732. The Morgan fingerprint density at radius 2 is 1.79 bits per heavy atom. The lowest BCUT2D eigenvalue weighted by Crippen LogP contribution is -2.28. The van der Waals surface area contributed by atoms with Gasteiger partial charge in [0.25, 0.3) is 5.91 Å². The highest BCUT2D eigenvalue weighted by atomic mass is 79.9. The zero-order chi connectivity index (χ0) is 17.5. The second-order valence-corrected chi connectivity index (χ2v) is 6.60. The second-order valence-electron chi connectivity index (χ2n) is 4.83. The van der Waals surface area contributed by atoms with E-state index in [2.05, 4.69) is 41.9 Å². The van der Waals surface area contributed by atoms with Crippen LogP contribution in [0.2, 0.25) is 0 Å². The average Bonchev–Trinajstić information content (AvgIpc) is 2.59. The molecule has 2 aromatic rings. The number of carbonyl (C=O) groups excluding carboxylic acids is 2. The first kappa shape index (κ1) is 18.5. The largest absolute Gasteiger partial charge is 0.483 e. The Labute approximate surface area is 156 Å². The van der Waals surface area contributed by atoms with Gasteiger partial charge in [0.05, 0.1) is 17.1 Å². The predicted octanol–water partition coefficient (Wildman–Crippen LogP) is 3.69. The van der Waals surface area contributed by atoms with E-state index in [4.69, 9.17) is 4.74 Å². The monoisotopic (exact) mass is 455 g/mol. The van der Waals surface area contributed by atoms with Crippen molar-refractivity contribution in [3.05, 3.63) is 62.5 Å². The molecule has 2 rings (SSSR count). The summed E-state index contributed by atoms with van der Waals surface area (Å²) in [7, 11) is 1.33. The second kappa shape index (κ2) is 8.84. The van der Waals surface area contributed by atoms with Gasteiger partial charge in [-0.15, -0.1) is 0 Å². The van der Waals surface area contributed by atoms with Crippen LogP contribution in [0.1, 0.15) is 15.9 Å². The molecule has 1 amide bonds. The third kappa shape index (κ3) is 5.35. The molecule has 5 nitrogen and oxygen atoms in total. The number of amides is 1. The van der Waals surface area contributed by atoms with Crippen molar-refractivity contribution in [1.82, 2.24) is 5.32 Å². The van der Waals surface area contributed by atoms with E-state index < -0.39 is 0 Å². The molecule has 7 heteroatoms. The topological polar surface area (TPSA) is 64.6 Å². The van der Waals surface area contributed by atoms with Crippen molar-refractivity contribution in [2.24, 2.45) is 0 Å². The van der Waals surface area contributed by atoms with Crippen molar-refractivity contribution in [2.45, 2.75) is 6.54 Å².